The number of ether oxygens (including phenoxy) is 1. The molecule has 2 aliphatic carbocycles. The molecule has 0 aromatic carbocycles. The van der Waals surface area contributed by atoms with Crippen LogP contribution in [0.3, 0.4) is 0 Å². The van der Waals surface area contributed by atoms with Gasteiger partial charge in [-0.1, -0.05) is 37.7 Å². The van der Waals surface area contributed by atoms with Crippen LogP contribution in [0, 0.1) is 11.8 Å². The van der Waals surface area contributed by atoms with Crippen molar-refractivity contribution >= 4 is 11.8 Å². The van der Waals surface area contributed by atoms with Crippen molar-refractivity contribution in [3.05, 3.63) is 11.6 Å². The molecule has 0 N–H and O–H groups in total. The lowest BCUT2D eigenvalue weighted by Gasteiger charge is -2.32. The molecule has 3 nitrogen and oxygen atoms in total. The monoisotopic (exact) mass is 250 g/mol. The Kier molecular flexibility index (Phi) is 4.56. The molecule has 0 spiro atoms. The summed E-state index contributed by atoms with van der Waals surface area (Å²) in [6.45, 7) is 0. The van der Waals surface area contributed by atoms with Crippen LogP contribution in [0.1, 0.15) is 51.4 Å². The SMILES string of the molecule is COC(=O)CC1=CC(=O)CC(C2CCCCC2)C1. The average molecular weight is 250 g/mol. The second kappa shape index (κ2) is 6.17. The van der Waals surface area contributed by atoms with E-state index in [9.17, 15) is 9.59 Å². The van der Waals surface area contributed by atoms with Gasteiger partial charge in [-0.3, -0.25) is 9.59 Å². The summed E-state index contributed by atoms with van der Waals surface area (Å²) in [4.78, 5) is 23.1. The number of carbonyl (C=O) groups is 2. The van der Waals surface area contributed by atoms with Crippen LogP contribution in [0.5, 0.6) is 0 Å². The Morgan fingerprint density at radius 1 is 1.22 bits per heavy atom. The van der Waals surface area contributed by atoms with Gasteiger partial charge < -0.3 is 4.74 Å². The standard InChI is InChI=1S/C15H22O3/c1-18-15(17)9-11-7-13(10-14(16)8-11)12-5-3-2-4-6-12/h8,12-13H,2-7,9-10H2,1H3. The molecule has 0 heterocycles. The summed E-state index contributed by atoms with van der Waals surface area (Å²) in [5, 5.41) is 0. The quantitative estimate of drug-likeness (QED) is 0.723. The second-order valence-corrected chi connectivity index (χ2v) is 5.59. The first-order valence-corrected chi connectivity index (χ1v) is 6.98. The van der Waals surface area contributed by atoms with E-state index in [1.54, 1.807) is 6.08 Å². The number of rotatable bonds is 3. The lowest BCUT2D eigenvalue weighted by molar-refractivity contribution is -0.139. The van der Waals surface area contributed by atoms with Gasteiger partial charge >= 0.3 is 5.97 Å². The van der Waals surface area contributed by atoms with Gasteiger partial charge in [0.25, 0.3) is 0 Å². The number of methoxy groups -OCH3 is 1. The van der Waals surface area contributed by atoms with Crippen LogP contribution in [-0.4, -0.2) is 18.9 Å². The number of hydrogen-bond donors (Lipinski definition) is 0. The van der Waals surface area contributed by atoms with E-state index in [0.29, 0.717) is 18.3 Å². The highest BCUT2D eigenvalue weighted by Crippen LogP contribution is 2.38. The first kappa shape index (κ1) is 13.3. The molecular weight excluding hydrogens is 228 g/mol. The minimum atomic E-state index is -0.238. The summed E-state index contributed by atoms with van der Waals surface area (Å²) in [5.41, 5.74) is 0.966. The highest BCUT2D eigenvalue weighted by atomic mass is 16.5. The van der Waals surface area contributed by atoms with Crippen LogP contribution < -0.4 is 0 Å². The van der Waals surface area contributed by atoms with E-state index in [1.165, 1.54) is 39.2 Å². The van der Waals surface area contributed by atoms with E-state index in [0.717, 1.165) is 12.0 Å². The average Bonchev–Trinajstić information content (AvgIpc) is 2.39. The summed E-state index contributed by atoms with van der Waals surface area (Å²) in [5.74, 6) is 1.10. The van der Waals surface area contributed by atoms with E-state index in [4.69, 9.17) is 0 Å². The molecule has 0 aromatic heterocycles. The number of hydrogen-bond acceptors (Lipinski definition) is 3. The van der Waals surface area contributed by atoms with Gasteiger partial charge in [0.2, 0.25) is 0 Å². The van der Waals surface area contributed by atoms with Crippen molar-refractivity contribution in [1.82, 2.24) is 0 Å². The van der Waals surface area contributed by atoms with Gasteiger partial charge in [-0.25, -0.2) is 0 Å². The summed E-state index contributed by atoms with van der Waals surface area (Å²) >= 11 is 0. The van der Waals surface area contributed by atoms with Crippen molar-refractivity contribution in [3.63, 3.8) is 0 Å². The third-order valence-electron chi connectivity index (χ3n) is 4.27. The number of ketones is 1. The summed E-state index contributed by atoms with van der Waals surface area (Å²) < 4.78 is 4.68. The van der Waals surface area contributed by atoms with Gasteiger partial charge in [0.05, 0.1) is 13.5 Å². The number of carbonyl (C=O) groups excluding carboxylic acids is 2. The van der Waals surface area contributed by atoms with E-state index in [2.05, 4.69) is 4.74 Å². The van der Waals surface area contributed by atoms with Gasteiger partial charge in [0.1, 0.15) is 0 Å². The van der Waals surface area contributed by atoms with E-state index >= 15 is 0 Å². The molecule has 1 fully saturated rings. The Labute approximate surface area is 109 Å². The lowest BCUT2D eigenvalue weighted by atomic mass is 9.73. The molecule has 1 saturated carbocycles. The molecule has 0 saturated heterocycles. The Morgan fingerprint density at radius 2 is 1.94 bits per heavy atom. The topological polar surface area (TPSA) is 43.4 Å². The first-order chi connectivity index (χ1) is 8.69. The predicted octanol–water partition coefficient (Wildman–Crippen LogP) is 3.04. The van der Waals surface area contributed by atoms with E-state index < -0.39 is 0 Å². The Bertz CT molecular complexity index is 351. The molecule has 2 rings (SSSR count). The Hall–Kier alpha value is -1.12. The van der Waals surface area contributed by atoms with E-state index in [-0.39, 0.29) is 18.2 Å². The molecule has 18 heavy (non-hydrogen) atoms. The van der Waals surface area contributed by atoms with Gasteiger partial charge in [0, 0.05) is 6.42 Å². The first-order valence-electron chi connectivity index (χ1n) is 6.98. The van der Waals surface area contributed by atoms with Crippen molar-refractivity contribution in [2.45, 2.75) is 51.4 Å². The fraction of sp³-hybridized carbons (Fsp3) is 0.733. The van der Waals surface area contributed by atoms with Crippen LogP contribution in [-0.2, 0) is 14.3 Å². The van der Waals surface area contributed by atoms with Gasteiger partial charge in [-0.05, 0) is 24.3 Å². The normalized spacial score (nSPS) is 25.7. The zero-order valence-electron chi connectivity index (χ0n) is 11.1. The van der Waals surface area contributed by atoms with Crippen molar-refractivity contribution in [3.8, 4) is 0 Å². The van der Waals surface area contributed by atoms with E-state index in [1.807, 2.05) is 0 Å². The summed E-state index contributed by atoms with van der Waals surface area (Å²) in [7, 11) is 1.39. The molecule has 1 atom stereocenters. The zero-order valence-corrected chi connectivity index (χ0v) is 11.1. The van der Waals surface area contributed by atoms with Crippen LogP contribution in [0.2, 0.25) is 0 Å². The van der Waals surface area contributed by atoms with Crippen molar-refractivity contribution < 1.29 is 14.3 Å². The fourth-order valence-electron chi connectivity index (χ4n) is 3.33. The molecule has 0 bridgehead atoms. The highest BCUT2D eigenvalue weighted by Gasteiger charge is 2.29. The third-order valence-corrected chi connectivity index (χ3v) is 4.27. The molecule has 0 radical (unpaired) electrons. The maximum Gasteiger partial charge on any atom is 0.309 e. The van der Waals surface area contributed by atoms with Crippen LogP contribution in [0.4, 0.5) is 0 Å². The molecule has 1 unspecified atom stereocenters. The van der Waals surface area contributed by atoms with Crippen molar-refractivity contribution in [2.24, 2.45) is 11.8 Å². The zero-order chi connectivity index (χ0) is 13.0. The molecule has 100 valence electrons. The molecule has 0 amide bonds. The third kappa shape index (κ3) is 3.44. The minimum Gasteiger partial charge on any atom is -0.469 e. The Morgan fingerprint density at radius 3 is 2.61 bits per heavy atom. The molecule has 3 heteroatoms. The van der Waals surface area contributed by atoms with Crippen molar-refractivity contribution in [2.75, 3.05) is 7.11 Å². The number of allylic oxidation sites excluding steroid dienone is 1. The largest absolute Gasteiger partial charge is 0.469 e. The summed E-state index contributed by atoms with van der Waals surface area (Å²) in [6.07, 6.45) is 9.97. The van der Waals surface area contributed by atoms with Crippen LogP contribution >= 0.6 is 0 Å². The fourth-order valence-corrected chi connectivity index (χ4v) is 3.33. The maximum absolute atomic E-state index is 11.8. The van der Waals surface area contributed by atoms with Crippen molar-refractivity contribution in [1.29, 1.82) is 0 Å². The second-order valence-electron chi connectivity index (χ2n) is 5.59. The van der Waals surface area contributed by atoms with Gasteiger partial charge in [-0.15, -0.1) is 0 Å². The summed E-state index contributed by atoms with van der Waals surface area (Å²) in [6, 6.07) is 0. The molecule has 0 aromatic rings. The highest BCUT2D eigenvalue weighted by molar-refractivity contribution is 5.92. The molecule has 2 aliphatic rings. The lowest BCUT2D eigenvalue weighted by Crippen LogP contribution is -2.24. The van der Waals surface area contributed by atoms with Crippen LogP contribution in [0.15, 0.2) is 11.6 Å². The van der Waals surface area contributed by atoms with Gasteiger partial charge in [-0.2, -0.15) is 0 Å². The molecule has 0 aliphatic heterocycles. The minimum absolute atomic E-state index is 0.190. The smallest absolute Gasteiger partial charge is 0.309 e. The predicted molar refractivity (Wildman–Crippen MR) is 69.0 cm³/mol. The maximum atomic E-state index is 11.8. The van der Waals surface area contributed by atoms with Crippen LogP contribution in [0.25, 0.3) is 0 Å². The number of esters is 1. The van der Waals surface area contributed by atoms with Gasteiger partial charge in [0.15, 0.2) is 5.78 Å². The Balaban J connectivity index is 1.97. The molecular formula is C15H22O3.